The van der Waals surface area contributed by atoms with Gasteiger partial charge in [0.2, 0.25) is 0 Å². The van der Waals surface area contributed by atoms with Crippen LogP contribution in [0.4, 0.5) is 0 Å². The maximum absolute atomic E-state index is 2.49. The van der Waals surface area contributed by atoms with Gasteiger partial charge in [-0.05, 0) is 107 Å². The van der Waals surface area contributed by atoms with Gasteiger partial charge in [0.1, 0.15) is 0 Å². The molecule has 262 valence electrons. The summed E-state index contributed by atoms with van der Waals surface area (Å²) >= 11 is 1.86. The maximum atomic E-state index is 2.49. The Hall–Kier alpha value is -7.14. The lowest BCUT2D eigenvalue weighted by Gasteiger charge is -2.17. The molecule has 4 heteroatoms. The van der Waals surface area contributed by atoms with Crippen LogP contribution in [0.5, 0.6) is 0 Å². The summed E-state index contributed by atoms with van der Waals surface area (Å²) in [7, 11) is 0. The van der Waals surface area contributed by atoms with Crippen molar-refractivity contribution < 1.29 is 0 Å². The topological polar surface area (TPSA) is 14.8 Å². The molecule has 0 fully saturated rings. The van der Waals surface area contributed by atoms with E-state index in [0.29, 0.717) is 0 Å². The Balaban J connectivity index is 1.29. The first-order chi connectivity index (χ1) is 27.8. The smallest absolute Gasteiger partial charge is 0.0782 e. The second-order valence-electron chi connectivity index (χ2n) is 14.6. The highest BCUT2D eigenvalue weighted by Gasteiger charge is 2.19. The minimum atomic E-state index is 1.10. The number of fused-ring (bicyclic) bond motifs is 11. The highest BCUT2D eigenvalue weighted by molar-refractivity contribution is 7.25. The van der Waals surface area contributed by atoms with E-state index < -0.39 is 0 Å². The predicted molar refractivity (Wildman–Crippen MR) is 240 cm³/mol. The molecule has 0 amide bonds. The molecule has 3 aromatic heterocycles. The van der Waals surface area contributed by atoms with E-state index in [1.165, 1.54) is 58.4 Å². The lowest BCUT2D eigenvalue weighted by molar-refractivity contribution is 1.13. The number of aromatic nitrogens is 3. The van der Waals surface area contributed by atoms with E-state index in [0.717, 1.165) is 44.2 Å². The van der Waals surface area contributed by atoms with Crippen molar-refractivity contribution in [2.75, 3.05) is 0 Å². The molecule has 0 N–H and O–H groups in total. The third-order valence-electron chi connectivity index (χ3n) is 11.4. The molecule has 0 aliphatic carbocycles. The first kappa shape index (κ1) is 31.2. The molecule has 0 atom stereocenters. The predicted octanol–water partition coefficient (Wildman–Crippen LogP) is 14.5. The van der Waals surface area contributed by atoms with Gasteiger partial charge in [-0.25, -0.2) is 0 Å². The van der Waals surface area contributed by atoms with Gasteiger partial charge in [0.15, 0.2) is 0 Å². The van der Waals surface area contributed by atoms with Crippen molar-refractivity contribution in [2.24, 2.45) is 0 Å². The third kappa shape index (κ3) is 4.70. The molecule has 9 aromatic carbocycles. The second kappa shape index (κ2) is 12.2. The Kier molecular flexibility index (Phi) is 6.80. The minimum Gasteiger partial charge on any atom is -0.310 e. The Labute approximate surface area is 326 Å². The van der Waals surface area contributed by atoms with Gasteiger partial charge in [-0.15, -0.1) is 11.3 Å². The molecule has 12 aromatic rings. The van der Waals surface area contributed by atoms with E-state index in [1.807, 2.05) is 11.3 Å². The zero-order chi connectivity index (χ0) is 36.7. The van der Waals surface area contributed by atoms with Gasteiger partial charge in [0.25, 0.3) is 0 Å². The molecular weight excluding hydrogens is 699 g/mol. The molecule has 0 aliphatic heterocycles. The van der Waals surface area contributed by atoms with Gasteiger partial charge in [0, 0.05) is 64.1 Å². The monoisotopic (exact) mass is 731 g/mol. The lowest BCUT2D eigenvalue weighted by atomic mass is 10.1. The summed E-state index contributed by atoms with van der Waals surface area (Å²) in [5.74, 6) is 0. The molecule has 0 saturated carbocycles. The van der Waals surface area contributed by atoms with E-state index >= 15 is 0 Å². The number of rotatable bonds is 3. The summed E-state index contributed by atoms with van der Waals surface area (Å²) in [4.78, 5) is 0. The zero-order valence-electron chi connectivity index (χ0n) is 30.3. The average molecular weight is 732 g/mol. The Morgan fingerprint density at radius 3 is 1.61 bits per heavy atom. The summed E-state index contributed by atoms with van der Waals surface area (Å²) in [6.45, 7) is 0. The van der Waals surface area contributed by atoms with Crippen molar-refractivity contribution >= 4 is 96.9 Å². The molecule has 3 nitrogen and oxygen atoms in total. The number of thiophene rings is 1. The van der Waals surface area contributed by atoms with Gasteiger partial charge in [-0.3, -0.25) is 0 Å². The molecule has 0 radical (unpaired) electrons. The van der Waals surface area contributed by atoms with Crippen LogP contribution in [0.15, 0.2) is 200 Å². The minimum absolute atomic E-state index is 1.10. The van der Waals surface area contributed by atoms with Gasteiger partial charge >= 0.3 is 0 Å². The molecule has 0 saturated heterocycles. The first-order valence-electron chi connectivity index (χ1n) is 19.1. The molecular formula is C52H33N3S. The van der Waals surface area contributed by atoms with Crippen molar-refractivity contribution in [3.8, 4) is 17.1 Å². The van der Waals surface area contributed by atoms with E-state index in [-0.39, 0.29) is 0 Å². The third-order valence-corrected chi connectivity index (χ3v) is 12.6. The fourth-order valence-corrected chi connectivity index (χ4v) is 10.0. The van der Waals surface area contributed by atoms with E-state index in [9.17, 15) is 0 Å². The number of para-hydroxylation sites is 3. The SMILES string of the molecule is c1ccc(-n2c3cccc(c3)c3cccc(c3)n(-c3cccc4c5ccccc5n(-c5cccc6ccccc56)c34)c3ccc4sc5ccc2cc5c4c3)cc1. The molecule has 0 unspecified atom stereocenters. The maximum Gasteiger partial charge on any atom is 0.0782 e. The van der Waals surface area contributed by atoms with Crippen LogP contribution in [0, 0.1) is 0 Å². The fraction of sp³-hybridized carbons (Fsp3) is 0. The Bertz CT molecular complexity index is 3590. The Morgan fingerprint density at radius 1 is 0.304 bits per heavy atom. The van der Waals surface area contributed by atoms with E-state index in [2.05, 4.69) is 214 Å². The van der Waals surface area contributed by atoms with Crippen molar-refractivity contribution in [3.63, 3.8) is 0 Å². The number of nitrogens with zero attached hydrogens (tertiary/aromatic N) is 3. The van der Waals surface area contributed by atoms with Crippen molar-refractivity contribution in [1.82, 2.24) is 13.7 Å². The molecule has 0 spiro atoms. The molecule has 8 bridgehead atoms. The van der Waals surface area contributed by atoms with Crippen LogP contribution >= 0.6 is 11.3 Å². The standard InChI is InChI=1S/C52H33N3S/c1-2-16-37(17-3-1)53-38-18-8-14-35(30-38)36-15-9-19-39(31-36)54(41-27-29-51-46(33-41)45-32-40(53)26-28-50(45)56-51)49-25-11-22-44-43-21-6-7-23-48(43)55(52(44)49)47-24-10-13-34-12-4-5-20-42(34)47/h1-33H. The van der Waals surface area contributed by atoms with Gasteiger partial charge in [-0.2, -0.15) is 0 Å². The number of hydrogen-bond donors (Lipinski definition) is 0. The van der Waals surface area contributed by atoms with Gasteiger partial charge < -0.3 is 13.7 Å². The Morgan fingerprint density at radius 2 is 0.839 bits per heavy atom. The second-order valence-corrected chi connectivity index (χ2v) is 15.7. The summed E-state index contributed by atoms with van der Waals surface area (Å²) in [6.07, 6.45) is 0. The van der Waals surface area contributed by atoms with Crippen molar-refractivity contribution in [1.29, 1.82) is 0 Å². The summed E-state index contributed by atoms with van der Waals surface area (Å²) in [5, 5.41) is 9.75. The molecule has 12 rings (SSSR count). The van der Waals surface area contributed by atoms with Crippen molar-refractivity contribution in [3.05, 3.63) is 200 Å². The molecule has 0 aliphatic rings. The average Bonchev–Trinajstić information content (AvgIpc) is 3.80. The van der Waals surface area contributed by atoms with Crippen LogP contribution in [0.1, 0.15) is 0 Å². The molecule has 56 heavy (non-hydrogen) atoms. The van der Waals surface area contributed by atoms with Crippen molar-refractivity contribution in [2.45, 2.75) is 0 Å². The largest absolute Gasteiger partial charge is 0.310 e. The van der Waals surface area contributed by atoms with E-state index in [1.54, 1.807) is 0 Å². The van der Waals surface area contributed by atoms with Crippen LogP contribution in [-0.4, -0.2) is 13.7 Å². The fourth-order valence-electron chi connectivity index (χ4n) is 8.97. The summed E-state index contributed by atoms with van der Waals surface area (Å²) < 4.78 is 9.90. The van der Waals surface area contributed by atoms with Gasteiger partial charge in [-0.1, -0.05) is 109 Å². The quantitative estimate of drug-likeness (QED) is 0.172. The van der Waals surface area contributed by atoms with Crippen LogP contribution in [0.3, 0.4) is 0 Å². The number of hydrogen-bond acceptors (Lipinski definition) is 1. The highest BCUT2D eigenvalue weighted by Crippen LogP contribution is 2.40. The summed E-state index contributed by atoms with van der Waals surface area (Å²) in [5.41, 5.74) is 10.3. The zero-order valence-corrected chi connectivity index (χ0v) is 31.1. The summed E-state index contributed by atoms with van der Waals surface area (Å²) in [6, 6.07) is 73.7. The first-order valence-corrected chi connectivity index (χ1v) is 19.9. The highest BCUT2D eigenvalue weighted by atomic mass is 32.1. The normalized spacial score (nSPS) is 11.9. The van der Waals surface area contributed by atoms with Crippen LogP contribution in [0.25, 0.3) is 103 Å². The van der Waals surface area contributed by atoms with Crippen LogP contribution in [0.2, 0.25) is 0 Å². The number of benzene rings is 9. The molecule has 3 heterocycles. The van der Waals surface area contributed by atoms with Gasteiger partial charge in [0.05, 0.1) is 22.4 Å². The van der Waals surface area contributed by atoms with Crippen LogP contribution in [-0.2, 0) is 0 Å². The van der Waals surface area contributed by atoms with Crippen LogP contribution < -0.4 is 0 Å². The lowest BCUT2D eigenvalue weighted by Crippen LogP contribution is -2.02. The van der Waals surface area contributed by atoms with E-state index in [4.69, 9.17) is 0 Å².